The highest BCUT2D eigenvalue weighted by atomic mass is 16.2. The average Bonchev–Trinajstić information content (AvgIpc) is 2.57. The van der Waals surface area contributed by atoms with Crippen LogP contribution in [0.5, 0.6) is 0 Å². The van der Waals surface area contributed by atoms with Gasteiger partial charge in [0.15, 0.2) is 0 Å². The maximum absolute atomic E-state index is 12.2. The van der Waals surface area contributed by atoms with E-state index in [-0.39, 0.29) is 17.9 Å². The highest BCUT2D eigenvalue weighted by Gasteiger charge is 2.18. The SMILES string of the molecule is CCC(C)NC(=O)c1cccc(NC(=O)CN2CCC(C)CC2)c1. The Kier molecular flexibility index (Phi) is 6.79. The summed E-state index contributed by atoms with van der Waals surface area (Å²) >= 11 is 0. The third kappa shape index (κ3) is 5.64. The van der Waals surface area contributed by atoms with Crippen molar-refractivity contribution in [2.24, 2.45) is 5.92 Å². The molecule has 1 unspecified atom stereocenters. The number of likely N-dealkylation sites (tertiary alicyclic amines) is 1. The van der Waals surface area contributed by atoms with Crippen LogP contribution in [0.25, 0.3) is 0 Å². The van der Waals surface area contributed by atoms with Gasteiger partial charge in [-0.3, -0.25) is 14.5 Å². The zero-order chi connectivity index (χ0) is 17.5. The topological polar surface area (TPSA) is 61.4 Å². The fourth-order valence-corrected chi connectivity index (χ4v) is 2.77. The summed E-state index contributed by atoms with van der Waals surface area (Å²) in [4.78, 5) is 26.6. The molecule has 24 heavy (non-hydrogen) atoms. The van der Waals surface area contributed by atoms with E-state index in [1.807, 2.05) is 19.9 Å². The first kappa shape index (κ1) is 18.5. The van der Waals surface area contributed by atoms with Gasteiger partial charge in [-0.25, -0.2) is 0 Å². The number of piperidine rings is 1. The molecule has 1 saturated heterocycles. The molecule has 1 aliphatic heterocycles. The molecular weight excluding hydrogens is 302 g/mol. The van der Waals surface area contributed by atoms with Crippen LogP contribution in [0.3, 0.4) is 0 Å². The summed E-state index contributed by atoms with van der Waals surface area (Å²) in [5.41, 5.74) is 1.24. The van der Waals surface area contributed by atoms with Crippen molar-refractivity contribution < 1.29 is 9.59 Å². The largest absolute Gasteiger partial charge is 0.350 e. The number of benzene rings is 1. The molecule has 0 aromatic heterocycles. The van der Waals surface area contributed by atoms with Crippen molar-refractivity contribution >= 4 is 17.5 Å². The van der Waals surface area contributed by atoms with Crippen molar-refractivity contribution in [3.05, 3.63) is 29.8 Å². The van der Waals surface area contributed by atoms with E-state index in [0.29, 0.717) is 17.8 Å². The van der Waals surface area contributed by atoms with Crippen molar-refractivity contribution in [1.82, 2.24) is 10.2 Å². The molecule has 1 fully saturated rings. The van der Waals surface area contributed by atoms with Crippen LogP contribution < -0.4 is 10.6 Å². The second-order valence-corrected chi connectivity index (χ2v) is 6.87. The number of amides is 2. The van der Waals surface area contributed by atoms with Crippen molar-refractivity contribution in [2.45, 2.75) is 46.1 Å². The van der Waals surface area contributed by atoms with Gasteiger partial charge in [-0.15, -0.1) is 0 Å². The number of hydrogen-bond acceptors (Lipinski definition) is 3. The Balaban J connectivity index is 1.89. The van der Waals surface area contributed by atoms with Gasteiger partial charge >= 0.3 is 0 Å². The van der Waals surface area contributed by atoms with Crippen LogP contribution >= 0.6 is 0 Å². The highest BCUT2D eigenvalue weighted by Crippen LogP contribution is 2.16. The lowest BCUT2D eigenvalue weighted by atomic mass is 9.99. The Morgan fingerprint density at radius 1 is 1.29 bits per heavy atom. The molecule has 0 saturated carbocycles. The second-order valence-electron chi connectivity index (χ2n) is 6.87. The Morgan fingerprint density at radius 2 is 2.00 bits per heavy atom. The van der Waals surface area contributed by atoms with E-state index < -0.39 is 0 Å². The number of hydrogen-bond donors (Lipinski definition) is 2. The van der Waals surface area contributed by atoms with Gasteiger partial charge < -0.3 is 10.6 Å². The number of rotatable bonds is 6. The molecule has 1 heterocycles. The highest BCUT2D eigenvalue weighted by molar-refractivity contribution is 5.97. The lowest BCUT2D eigenvalue weighted by Crippen LogP contribution is -2.38. The molecule has 2 rings (SSSR count). The van der Waals surface area contributed by atoms with E-state index >= 15 is 0 Å². The average molecular weight is 331 g/mol. The van der Waals surface area contributed by atoms with E-state index in [2.05, 4.69) is 22.5 Å². The minimum absolute atomic E-state index is 0.0240. The van der Waals surface area contributed by atoms with Crippen molar-refractivity contribution in [1.29, 1.82) is 0 Å². The van der Waals surface area contributed by atoms with E-state index in [1.165, 1.54) is 0 Å². The van der Waals surface area contributed by atoms with E-state index in [1.54, 1.807) is 18.2 Å². The Morgan fingerprint density at radius 3 is 2.67 bits per heavy atom. The summed E-state index contributed by atoms with van der Waals surface area (Å²) in [5.74, 6) is 0.625. The first-order chi connectivity index (χ1) is 11.5. The van der Waals surface area contributed by atoms with E-state index in [4.69, 9.17) is 0 Å². The van der Waals surface area contributed by atoms with Gasteiger partial charge in [0.2, 0.25) is 5.91 Å². The molecule has 0 aliphatic carbocycles. The van der Waals surface area contributed by atoms with Crippen LogP contribution in [-0.4, -0.2) is 42.4 Å². The summed E-state index contributed by atoms with van der Waals surface area (Å²) in [7, 11) is 0. The van der Waals surface area contributed by atoms with Crippen LogP contribution in [0, 0.1) is 5.92 Å². The molecule has 2 N–H and O–H groups in total. The monoisotopic (exact) mass is 331 g/mol. The number of nitrogens with zero attached hydrogens (tertiary/aromatic N) is 1. The smallest absolute Gasteiger partial charge is 0.251 e. The molecule has 1 aromatic rings. The third-order valence-electron chi connectivity index (χ3n) is 4.64. The van der Waals surface area contributed by atoms with Gasteiger partial charge in [0, 0.05) is 17.3 Å². The quantitative estimate of drug-likeness (QED) is 0.842. The van der Waals surface area contributed by atoms with Crippen molar-refractivity contribution in [2.75, 3.05) is 25.0 Å². The predicted molar refractivity (Wildman–Crippen MR) is 97.1 cm³/mol. The van der Waals surface area contributed by atoms with Crippen molar-refractivity contribution in [3.8, 4) is 0 Å². The number of anilines is 1. The minimum Gasteiger partial charge on any atom is -0.350 e. The van der Waals surface area contributed by atoms with Gasteiger partial charge in [-0.2, -0.15) is 0 Å². The van der Waals surface area contributed by atoms with Gasteiger partial charge in [0.05, 0.1) is 6.54 Å². The number of carbonyl (C=O) groups is 2. The van der Waals surface area contributed by atoms with Crippen LogP contribution in [0.15, 0.2) is 24.3 Å². The zero-order valence-corrected chi connectivity index (χ0v) is 15.0. The molecule has 0 radical (unpaired) electrons. The van der Waals surface area contributed by atoms with Crippen LogP contribution in [0.1, 0.15) is 50.4 Å². The second kappa shape index (κ2) is 8.83. The summed E-state index contributed by atoms with van der Waals surface area (Å²) < 4.78 is 0. The Hall–Kier alpha value is -1.88. The van der Waals surface area contributed by atoms with Gasteiger partial charge in [0.25, 0.3) is 5.91 Å². The Labute approximate surface area is 144 Å². The lowest BCUT2D eigenvalue weighted by molar-refractivity contribution is -0.117. The van der Waals surface area contributed by atoms with Crippen LogP contribution in [-0.2, 0) is 4.79 Å². The lowest BCUT2D eigenvalue weighted by Gasteiger charge is -2.29. The molecule has 0 spiro atoms. The minimum atomic E-state index is -0.106. The molecule has 1 atom stereocenters. The first-order valence-corrected chi connectivity index (χ1v) is 8.91. The summed E-state index contributed by atoms with van der Waals surface area (Å²) in [6, 6.07) is 7.24. The molecule has 5 heteroatoms. The molecule has 1 aromatic carbocycles. The first-order valence-electron chi connectivity index (χ1n) is 8.91. The maximum Gasteiger partial charge on any atom is 0.251 e. The normalized spacial score (nSPS) is 17.3. The summed E-state index contributed by atoms with van der Waals surface area (Å²) in [5, 5.41) is 5.84. The molecule has 5 nitrogen and oxygen atoms in total. The third-order valence-corrected chi connectivity index (χ3v) is 4.64. The zero-order valence-electron chi connectivity index (χ0n) is 15.0. The molecular formula is C19H29N3O2. The summed E-state index contributed by atoms with van der Waals surface area (Å²) in [6.07, 6.45) is 3.19. The van der Waals surface area contributed by atoms with Gasteiger partial charge in [-0.1, -0.05) is 19.9 Å². The van der Waals surface area contributed by atoms with Crippen molar-refractivity contribution in [3.63, 3.8) is 0 Å². The molecule has 132 valence electrons. The molecule has 2 amide bonds. The molecule has 0 bridgehead atoms. The van der Waals surface area contributed by atoms with E-state index in [9.17, 15) is 9.59 Å². The van der Waals surface area contributed by atoms with Crippen LogP contribution in [0.2, 0.25) is 0 Å². The van der Waals surface area contributed by atoms with Gasteiger partial charge in [-0.05, 0) is 63.4 Å². The maximum atomic E-state index is 12.2. The Bertz CT molecular complexity index is 565. The standard InChI is InChI=1S/C19H29N3O2/c1-4-15(3)20-19(24)16-6-5-7-17(12-16)21-18(23)13-22-10-8-14(2)9-11-22/h5-7,12,14-15H,4,8-11,13H2,1-3H3,(H,20,24)(H,21,23). The van der Waals surface area contributed by atoms with E-state index in [0.717, 1.165) is 38.3 Å². The summed E-state index contributed by atoms with van der Waals surface area (Å²) in [6.45, 7) is 8.63. The fraction of sp³-hybridized carbons (Fsp3) is 0.579. The fourth-order valence-electron chi connectivity index (χ4n) is 2.77. The predicted octanol–water partition coefficient (Wildman–Crippen LogP) is 2.89. The van der Waals surface area contributed by atoms with Crippen LogP contribution in [0.4, 0.5) is 5.69 Å². The van der Waals surface area contributed by atoms with Gasteiger partial charge in [0.1, 0.15) is 0 Å². The number of carbonyl (C=O) groups excluding carboxylic acids is 2. The molecule has 1 aliphatic rings. The number of nitrogens with one attached hydrogen (secondary N) is 2.